The van der Waals surface area contributed by atoms with E-state index in [4.69, 9.17) is 4.74 Å². The molecule has 12 heteroatoms. The van der Waals surface area contributed by atoms with Gasteiger partial charge >= 0.3 is 0 Å². The van der Waals surface area contributed by atoms with Crippen molar-refractivity contribution in [2.24, 2.45) is 5.41 Å². The van der Waals surface area contributed by atoms with Crippen molar-refractivity contribution in [2.75, 3.05) is 6.54 Å². The summed E-state index contributed by atoms with van der Waals surface area (Å²) >= 11 is 0. The largest absolute Gasteiger partial charge is 0.472 e. The lowest BCUT2D eigenvalue weighted by atomic mass is 9.67. The molecule has 0 spiro atoms. The van der Waals surface area contributed by atoms with Gasteiger partial charge in [-0.25, -0.2) is 23.1 Å². The van der Waals surface area contributed by atoms with Crippen molar-refractivity contribution in [3.05, 3.63) is 94.7 Å². The van der Waals surface area contributed by atoms with Crippen LogP contribution in [0.4, 0.5) is 0 Å². The van der Waals surface area contributed by atoms with Crippen LogP contribution in [0.15, 0.2) is 66.0 Å². The standard InChI is InChI=1S/C36H43N7O4S/c1-7-27-22-42(48(45,46)30-10-9-17-39-35(30)47-27)21-26-20-25(12-11-23(26)3)33(36(5,6)31(44)15-16-32-37-18-19-38-32)28-13-14-29-34(24(28)4)40-41-43(29)8-2/h9-14,17-20,27,33H,7-8,15-16,21-22H2,1-6H3,(H,37,38)/t27-,33+/m1/s1. The summed E-state index contributed by atoms with van der Waals surface area (Å²) < 4.78 is 37.4. The third kappa shape index (κ3) is 6.14. The number of hydrogen-bond acceptors (Lipinski definition) is 8. The monoisotopic (exact) mass is 669 g/mol. The van der Waals surface area contributed by atoms with Crippen LogP contribution in [0.5, 0.6) is 5.88 Å². The van der Waals surface area contributed by atoms with Crippen molar-refractivity contribution in [1.82, 2.24) is 34.3 Å². The molecule has 11 nitrogen and oxygen atoms in total. The fraction of sp³-hybridized carbons (Fsp3) is 0.417. The molecule has 0 saturated carbocycles. The molecule has 3 aromatic heterocycles. The first kappa shape index (κ1) is 33.5. The molecule has 2 aromatic carbocycles. The zero-order chi connectivity index (χ0) is 34.2. The zero-order valence-electron chi connectivity index (χ0n) is 28.4. The van der Waals surface area contributed by atoms with Gasteiger partial charge in [0.15, 0.2) is 0 Å². The molecule has 1 aliphatic rings. The molecule has 0 unspecified atom stereocenters. The number of ketones is 1. The van der Waals surface area contributed by atoms with Gasteiger partial charge in [-0.1, -0.05) is 50.3 Å². The number of imidazole rings is 1. The van der Waals surface area contributed by atoms with Crippen LogP contribution < -0.4 is 4.74 Å². The molecule has 6 rings (SSSR count). The van der Waals surface area contributed by atoms with Gasteiger partial charge in [-0.05, 0) is 73.2 Å². The topological polar surface area (TPSA) is 136 Å². The van der Waals surface area contributed by atoms with E-state index >= 15 is 0 Å². The number of Topliss-reactive ketones (excluding diaryl/α,β-unsaturated/α-hetero) is 1. The van der Waals surface area contributed by atoms with Crippen LogP contribution in [0.1, 0.15) is 80.1 Å². The first-order chi connectivity index (χ1) is 22.9. The number of hydrogen-bond donors (Lipinski definition) is 1. The van der Waals surface area contributed by atoms with Gasteiger partial charge in [0.05, 0.1) is 12.1 Å². The predicted molar refractivity (Wildman–Crippen MR) is 183 cm³/mol. The van der Waals surface area contributed by atoms with Crippen LogP contribution in [0.2, 0.25) is 0 Å². The average Bonchev–Trinajstić information content (AvgIpc) is 3.73. The molecule has 1 N–H and O–H groups in total. The van der Waals surface area contributed by atoms with Gasteiger partial charge in [-0.15, -0.1) is 5.10 Å². The molecule has 252 valence electrons. The van der Waals surface area contributed by atoms with Gasteiger partial charge in [0.2, 0.25) is 15.9 Å². The van der Waals surface area contributed by atoms with Gasteiger partial charge < -0.3 is 9.72 Å². The SMILES string of the molecule is CC[C@@H]1CN(Cc2cc([C@@H](c3ccc4c(nnn4CC)c3C)C(C)(C)C(=O)CCc3ncc[nH]3)ccc2C)S(=O)(=O)c2cccnc2O1. The second-order valence-corrected chi connectivity index (χ2v) is 15.0. The van der Waals surface area contributed by atoms with Crippen LogP contribution in [0, 0.1) is 19.3 Å². The molecule has 1 aliphatic heterocycles. The van der Waals surface area contributed by atoms with Crippen molar-refractivity contribution < 1.29 is 17.9 Å². The molecule has 48 heavy (non-hydrogen) atoms. The lowest BCUT2D eigenvalue weighted by molar-refractivity contribution is -0.127. The zero-order valence-corrected chi connectivity index (χ0v) is 29.2. The van der Waals surface area contributed by atoms with E-state index in [1.54, 1.807) is 30.7 Å². The third-order valence-electron chi connectivity index (χ3n) is 9.73. The summed E-state index contributed by atoms with van der Waals surface area (Å²) in [4.78, 5) is 25.9. The Kier molecular flexibility index (Phi) is 9.23. The molecule has 0 saturated heterocycles. The summed E-state index contributed by atoms with van der Waals surface area (Å²) in [5, 5.41) is 8.87. The van der Waals surface area contributed by atoms with E-state index in [2.05, 4.69) is 43.5 Å². The van der Waals surface area contributed by atoms with Crippen LogP contribution in [0.25, 0.3) is 11.0 Å². The molecule has 0 amide bonds. The molecule has 0 aliphatic carbocycles. The number of nitrogens with one attached hydrogen (secondary N) is 1. The minimum Gasteiger partial charge on any atom is -0.472 e. The summed E-state index contributed by atoms with van der Waals surface area (Å²) in [5.74, 6) is 0.657. The van der Waals surface area contributed by atoms with Gasteiger partial charge in [-0.3, -0.25) is 4.79 Å². The second-order valence-electron chi connectivity index (χ2n) is 13.1. The number of aromatic nitrogens is 6. The fourth-order valence-corrected chi connectivity index (χ4v) is 8.30. The molecule has 0 fully saturated rings. The first-order valence-corrected chi connectivity index (χ1v) is 17.9. The molecule has 2 atom stereocenters. The van der Waals surface area contributed by atoms with E-state index in [0.29, 0.717) is 25.8 Å². The molecular formula is C36H43N7O4S. The Morgan fingerprint density at radius 2 is 1.92 bits per heavy atom. The highest BCUT2D eigenvalue weighted by Gasteiger charge is 2.40. The van der Waals surface area contributed by atoms with E-state index in [0.717, 1.165) is 44.7 Å². The summed E-state index contributed by atoms with van der Waals surface area (Å²) in [7, 11) is -3.90. The van der Waals surface area contributed by atoms with Crippen LogP contribution in [0.3, 0.4) is 0 Å². The maximum Gasteiger partial charge on any atom is 0.248 e. The van der Waals surface area contributed by atoms with E-state index < -0.39 is 15.4 Å². The Bertz CT molecular complexity index is 2050. The number of rotatable bonds is 11. The summed E-state index contributed by atoms with van der Waals surface area (Å²) in [5.41, 5.74) is 5.60. The minimum atomic E-state index is -3.90. The van der Waals surface area contributed by atoms with E-state index in [1.165, 1.54) is 4.31 Å². The van der Waals surface area contributed by atoms with Crippen molar-refractivity contribution >= 4 is 26.8 Å². The summed E-state index contributed by atoms with van der Waals surface area (Å²) in [6.45, 7) is 13.1. The Labute approximate surface area is 281 Å². The predicted octanol–water partition coefficient (Wildman–Crippen LogP) is 5.91. The number of ether oxygens (including phenoxy) is 1. The highest BCUT2D eigenvalue weighted by Crippen LogP contribution is 2.45. The Morgan fingerprint density at radius 1 is 1.10 bits per heavy atom. The highest BCUT2D eigenvalue weighted by atomic mass is 32.2. The van der Waals surface area contributed by atoms with Crippen LogP contribution in [-0.2, 0) is 34.3 Å². The van der Waals surface area contributed by atoms with Crippen molar-refractivity contribution in [3.8, 4) is 5.88 Å². The van der Waals surface area contributed by atoms with Crippen molar-refractivity contribution in [3.63, 3.8) is 0 Å². The number of carbonyl (C=O) groups excluding carboxylic acids is 1. The summed E-state index contributed by atoms with van der Waals surface area (Å²) in [6, 6.07) is 13.4. The Morgan fingerprint density at radius 3 is 2.65 bits per heavy atom. The number of H-pyrrole nitrogens is 1. The lowest BCUT2D eigenvalue weighted by Crippen LogP contribution is -2.36. The molecule has 5 aromatic rings. The van der Waals surface area contributed by atoms with Gasteiger partial charge in [0.1, 0.15) is 28.1 Å². The summed E-state index contributed by atoms with van der Waals surface area (Å²) in [6.07, 6.45) is 6.11. The smallest absolute Gasteiger partial charge is 0.248 e. The first-order valence-electron chi connectivity index (χ1n) is 16.5. The number of sulfonamides is 1. The molecular weight excluding hydrogens is 627 g/mol. The number of benzene rings is 2. The normalized spacial score (nSPS) is 17.1. The number of carbonyl (C=O) groups is 1. The van der Waals surface area contributed by atoms with Crippen LogP contribution >= 0.6 is 0 Å². The Hall–Kier alpha value is -4.42. The third-order valence-corrected chi connectivity index (χ3v) is 11.5. The van der Waals surface area contributed by atoms with Crippen LogP contribution in [-0.4, -0.2) is 61.1 Å². The Balaban J connectivity index is 1.44. The van der Waals surface area contributed by atoms with Gasteiger partial charge in [0.25, 0.3) is 0 Å². The molecule has 0 bridgehead atoms. The lowest BCUT2D eigenvalue weighted by Gasteiger charge is -2.35. The van der Waals surface area contributed by atoms with Crippen molar-refractivity contribution in [1.29, 1.82) is 0 Å². The number of aromatic amines is 1. The van der Waals surface area contributed by atoms with Gasteiger partial charge in [0, 0.05) is 55.9 Å². The number of aryl methyl sites for hydroxylation is 4. The number of fused-ring (bicyclic) bond motifs is 2. The van der Waals surface area contributed by atoms with E-state index in [1.807, 2.05) is 58.4 Å². The van der Waals surface area contributed by atoms with Crippen molar-refractivity contribution in [2.45, 2.75) is 90.8 Å². The maximum atomic E-state index is 14.2. The second kappa shape index (κ2) is 13.2. The maximum absolute atomic E-state index is 14.2. The van der Waals surface area contributed by atoms with Gasteiger partial charge in [-0.2, -0.15) is 4.31 Å². The number of nitrogens with zero attached hydrogens (tertiary/aromatic N) is 6. The molecule has 4 heterocycles. The minimum absolute atomic E-state index is 0.0694. The highest BCUT2D eigenvalue weighted by molar-refractivity contribution is 7.89. The fourth-order valence-electron chi connectivity index (χ4n) is 6.78. The molecule has 0 radical (unpaired) electrons. The average molecular weight is 670 g/mol. The van der Waals surface area contributed by atoms with E-state index in [9.17, 15) is 13.2 Å². The van der Waals surface area contributed by atoms with E-state index in [-0.39, 0.29) is 41.7 Å². The number of pyridine rings is 1. The quantitative estimate of drug-likeness (QED) is 0.183.